The number of thioether (sulfide) groups is 1. The molecule has 4 heteroatoms. The summed E-state index contributed by atoms with van der Waals surface area (Å²) in [5.74, 6) is 1.59. The van der Waals surface area contributed by atoms with Crippen LogP contribution < -0.4 is 0 Å². The number of aryl methyl sites for hydroxylation is 1. The standard InChI is InChI=1S/C13H16N2OS/c1-8(2)17-7-13(16)10-4-5-11-12(6-10)15-9(3)14-11/h4-6,8H,7H2,1-3H3,(H,14,15). The Balaban J connectivity index is 2.20. The molecular weight excluding hydrogens is 232 g/mol. The molecule has 1 aromatic heterocycles. The summed E-state index contributed by atoms with van der Waals surface area (Å²) >= 11 is 1.67. The molecule has 1 aromatic carbocycles. The van der Waals surface area contributed by atoms with Crippen LogP contribution in [-0.2, 0) is 0 Å². The number of rotatable bonds is 4. The number of ketones is 1. The first-order chi connectivity index (χ1) is 8.06. The topological polar surface area (TPSA) is 45.8 Å². The lowest BCUT2D eigenvalue weighted by Gasteiger charge is -2.03. The number of nitrogens with zero attached hydrogens (tertiary/aromatic N) is 1. The number of aromatic nitrogens is 2. The fraction of sp³-hybridized carbons (Fsp3) is 0.385. The molecule has 17 heavy (non-hydrogen) atoms. The minimum atomic E-state index is 0.179. The van der Waals surface area contributed by atoms with Crippen molar-refractivity contribution in [3.63, 3.8) is 0 Å². The molecular formula is C13H16N2OS. The zero-order valence-electron chi connectivity index (χ0n) is 10.3. The van der Waals surface area contributed by atoms with Gasteiger partial charge in [-0.3, -0.25) is 4.79 Å². The number of hydrogen-bond donors (Lipinski definition) is 1. The number of hydrogen-bond acceptors (Lipinski definition) is 3. The molecule has 2 aromatic rings. The van der Waals surface area contributed by atoms with Crippen LogP contribution in [0, 0.1) is 6.92 Å². The predicted molar refractivity (Wildman–Crippen MR) is 72.8 cm³/mol. The van der Waals surface area contributed by atoms with E-state index in [-0.39, 0.29) is 5.78 Å². The highest BCUT2D eigenvalue weighted by molar-refractivity contribution is 8.00. The van der Waals surface area contributed by atoms with Gasteiger partial charge in [0.25, 0.3) is 0 Å². The van der Waals surface area contributed by atoms with Crippen molar-refractivity contribution in [3.8, 4) is 0 Å². The lowest BCUT2D eigenvalue weighted by atomic mass is 10.1. The van der Waals surface area contributed by atoms with Gasteiger partial charge in [-0.1, -0.05) is 13.8 Å². The van der Waals surface area contributed by atoms with Crippen molar-refractivity contribution in [1.29, 1.82) is 0 Å². The van der Waals surface area contributed by atoms with Crippen LogP contribution in [0.2, 0.25) is 0 Å². The molecule has 3 nitrogen and oxygen atoms in total. The van der Waals surface area contributed by atoms with E-state index in [1.54, 1.807) is 11.8 Å². The maximum absolute atomic E-state index is 11.9. The molecule has 0 aliphatic carbocycles. The number of benzene rings is 1. The monoisotopic (exact) mass is 248 g/mol. The molecule has 0 bridgehead atoms. The first-order valence-electron chi connectivity index (χ1n) is 5.67. The molecule has 0 saturated heterocycles. The van der Waals surface area contributed by atoms with Crippen molar-refractivity contribution in [2.75, 3.05) is 5.75 Å². The lowest BCUT2D eigenvalue weighted by Crippen LogP contribution is -2.04. The molecule has 2 rings (SSSR count). The van der Waals surface area contributed by atoms with Crippen molar-refractivity contribution in [2.24, 2.45) is 0 Å². The van der Waals surface area contributed by atoms with E-state index in [2.05, 4.69) is 23.8 Å². The van der Waals surface area contributed by atoms with Crippen LogP contribution in [0.3, 0.4) is 0 Å². The first-order valence-corrected chi connectivity index (χ1v) is 6.72. The van der Waals surface area contributed by atoms with Crippen LogP contribution in [0.1, 0.15) is 30.0 Å². The summed E-state index contributed by atoms with van der Waals surface area (Å²) in [7, 11) is 0. The molecule has 1 heterocycles. The first kappa shape index (κ1) is 12.2. The van der Waals surface area contributed by atoms with E-state index < -0.39 is 0 Å². The second-order valence-corrected chi connectivity index (χ2v) is 5.90. The fourth-order valence-corrected chi connectivity index (χ4v) is 2.29. The van der Waals surface area contributed by atoms with Gasteiger partial charge in [0.1, 0.15) is 5.82 Å². The molecule has 0 radical (unpaired) electrons. The van der Waals surface area contributed by atoms with Crippen molar-refractivity contribution in [3.05, 3.63) is 29.6 Å². The third-order valence-corrected chi connectivity index (χ3v) is 3.57. The van der Waals surface area contributed by atoms with Crippen LogP contribution in [0.4, 0.5) is 0 Å². The number of Topliss-reactive ketones (excluding diaryl/α,β-unsaturated/α-hetero) is 1. The van der Waals surface area contributed by atoms with Gasteiger partial charge in [0, 0.05) is 5.56 Å². The van der Waals surface area contributed by atoms with Crippen molar-refractivity contribution in [1.82, 2.24) is 9.97 Å². The van der Waals surface area contributed by atoms with Gasteiger partial charge in [0.2, 0.25) is 0 Å². The van der Waals surface area contributed by atoms with Gasteiger partial charge in [-0.15, -0.1) is 0 Å². The Labute approximate surface area is 105 Å². The van der Waals surface area contributed by atoms with Gasteiger partial charge in [-0.05, 0) is 30.4 Å². The van der Waals surface area contributed by atoms with Crippen molar-refractivity contribution < 1.29 is 4.79 Å². The summed E-state index contributed by atoms with van der Waals surface area (Å²) in [5, 5.41) is 0.483. The zero-order chi connectivity index (χ0) is 12.4. The van der Waals surface area contributed by atoms with Crippen LogP contribution in [0.25, 0.3) is 11.0 Å². The second kappa shape index (κ2) is 4.92. The molecule has 0 fully saturated rings. The highest BCUT2D eigenvalue weighted by Crippen LogP contribution is 2.17. The number of carbonyl (C=O) groups excluding carboxylic acids is 1. The van der Waals surface area contributed by atoms with Crippen molar-refractivity contribution in [2.45, 2.75) is 26.0 Å². The summed E-state index contributed by atoms with van der Waals surface area (Å²) in [6, 6.07) is 5.64. The molecule has 0 amide bonds. The fourth-order valence-electron chi connectivity index (χ4n) is 1.64. The van der Waals surface area contributed by atoms with Crippen molar-refractivity contribution >= 4 is 28.6 Å². The highest BCUT2D eigenvalue weighted by Gasteiger charge is 2.09. The van der Waals surface area contributed by atoms with E-state index in [1.807, 2.05) is 25.1 Å². The maximum atomic E-state index is 11.9. The quantitative estimate of drug-likeness (QED) is 0.845. The molecule has 0 aliphatic heterocycles. The third-order valence-electron chi connectivity index (χ3n) is 2.47. The van der Waals surface area contributed by atoms with Crippen LogP contribution in [0.15, 0.2) is 18.2 Å². The minimum Gasteiger partial charge on any atom is -0.342 e. The van der Waals surface area contributed by atoms with E-state index in [0.717, 1.165) is 22.4 Å². The lowest BCUT2D eigenvalue weighted by molar-refractivity contribution is 0.102. The van der Waals surface area contributed by atoms with E-state index in [9.17, 15) is 4.79 Å². The Bertz CT molecular complexity index is 545. The third kappa shape index (κ3) is 2.88. The predicted octanol–water partition coefficient (Wildman–Crippen LogP) is 3.20. The molecule has 90 valence electrons. The molecule has 1 N–H and O–H groups in total. The number of fused-ring (bicyclic) bond motifs is 1. The normalized spacial score (nSPS) is 11.3. The number of aromatic amines is 1. The van der Waals surface area contributed by atoms with Gasteiger partial charge in [-0.2, -0.15) is 11.8 Å². The second-order valence-electron chi connectivity index (χ2n) is 4.34. The SMILES string of the molecule is Cc1nc2ccc(C(=O)CSC(C)C)cc2[nH]1. The molecule has 0 aliphatic rings. The Morgan fingerprint density at radius 2 is 2.24 bits per heavy atom. The number of nitrogens with one attached hydrogen (secondary N) is 1. The van der Waals surface area contributed by atoms with Gasteiger partial charge in [0.05, 0.1) is 16.8 Å². The Morgan fingerprint density at radius 3 is 2.94 bits per heavy atom. The van der Waals surface area contributed by atoms with Gasteiger partial charge >= 0.3 is 0 Å². The average molecular weight is 248 g/mol. The number of imidazole rings is 1. The Morgan fingerprint density at radius 1 is 1.47 bits per heavy atom. The van der Waals surface area contributed by atoms with Crippen LogP contribution >= 0.6 is 11.8 Å². The summed E-state index contributed by atoms with van der Waals surface area (Å²) < 4.78 is 0. The minimum absolute atomic E-state index is 0.179. The largest absolute Gasteiger partial charge is 0.342 e. The van der Waals surface area contributed by atoms with Crippen LogP contribution in [0.5, 0.6) is 0 Å². The molecule has 0 spiro atoms. The molecule has 0 saturated carbocycles. The summed E-state index contributed by atoms with van der Waals surface area (Å²) in [4.78, 5) is 19.4. The highest BCUT2D eigenvalue weighted by atomic mass is 32.2. The summed E-state index contributed by atoms with van der Waals surface area (Å²) in [5.41, 5.74) is 2.60. The van der Waals surface area contributed by atoms with Gasteiger partial charge in [-0.25, -0.2) is 4.98 Å². The van der Waals surface area contributed by atoms with E-state index >= 15 is 0 Å². The smallest absolute Gasteiger partial charge is 0.172 e. The van der Waals surface area contributed by atoms with Crippen LogP contribution in [-0.4, -0.2) is 26.8 Å². The van der Waals surface area contributed by atoms with E-state index in [0.29, 0.717) is 11.0 Å². The van der Waals surface area contributed by atoms with Gasteiger partial charge < -0.3 is 4.98 Å². The molecule has 0 unspecified atom stereocenters. The van der Waals surface area contributed by atoms with E-state index in [1.165, 1.54) is 0 Å². The zero-order valence-corrected chi connectivity index (χ0v) is 11.1. The Kier molecular flexibility index (Phi) is 3.52. The summed E-state index contributed by atoms with van der Waals surface area (Å²) in [6.45, 7) is 6.11. The maximum Gasteiger partial charge on any atom is 0.172 e. The van der Waals surface area contributed by atoms with E-state index in [4.69, 9.17) is 0 Å². The average Bonchev–Trinajstić information content (AvgIpc) is 2.64. The van der Waals surface area contributed by atoms with Gasteiger partial charge in [0.15, 0.2) is 5.78 Å². The molecule has 0 atom stereocenters. The Hall–Kier alpha value is -1.29. The summed E-state index contributed by atoms with van der Waals surface area (Å²) in [6.07, 6.45) is 0. The number of carbonyl (C=O) groups is 1. The number of H-pyrrole nitrogens is 1.